The first-order chi connectivity index (χ1) is 8.92. The molecular weight excluding hydrogens is 267 g/mol. The molecule has 1 heterocycles. The second-order valence-corrected chi connectivity index (χ2v) is 5.80. The molecule has 0 amide bonds. The van der Waals surface area contributed by atoms with Gasteiger partial charge in [0.15, 0.2) is 0 Å². The molecule has 0 radical (unpaired) electrons. The average Bonchev–Trinajstić information content (AvgIpc) is 2.61. The van der Waals surface area contributed by atoms with Crippen LogP contribution in [0.15, 0.2) is 41.7 Å². The van der Waals surface area contributed by atoms with Crippen molar-refractivity contribution < 1.29 is 23.5 Å². The predicted molar refractivity (Wildman–Crippen MR) is 69.4 cm³/mol. The highest BCUT2D eigenvalue weighted by Gasteiger charge is 2.54. The van der Waals surface area contributed by atoms with Crippen LogP contribution in [0.25, 0.3) is 0 Å². The van der Waals surface area contributed by atoms with Crippen molar-refractivity contribution in [1.82, 2.24) is 0 Å². The van der Waals surface area contributed by atoms with Crippen molar-refractivity contribution >= 4 is 13.6 Å². The Morgan fingerprint density at radius 2 is 2.05 bits per heavy atom. The number of rotatable bonds is 3. The van der Waals surface area contributed by atoms with Crippen molar-refractivity contribution in [2.75, 3.05) is 6.61 Å². The van der Waals surface area contributed by atoms with E-state index in [0.717, 1.165) is 5.82 Å². The molecular formula is C13H15O5P. The van der Waals surface area contributed by atoms with Crippen LogP contribution in [0.1, 0.15) is 19.4 Å². The number of ether oxygens (including phenoxy) is 1. The van der Waals surface area contributed by atoms with Gasteiger partial charge in [-0.25, -0.2) is 4.79 Å². The Morgan fingerprint density at radius 1 is 1.42 bits per heavy atom. The van der Waals surface area contributed by atoms with E-state index in [-0.39, 0.29) is 6.61 Å². The zero-order valence-corrected chi connectivity index (χ0v) is 11.6. The maximum atomic E-state index is 12.2. The first kappa shape index (κ1) is 14.0. The third-order valence-electron chi connectivity index (χ3n) is 2.92. The fourth-order valence-corrected chi connectivity index (χ4v) is 3.57. The Balaban J connectivity index is 2.57. The number of hydrogen-bond donors (Lipinski definition) is 1. The molecule has 2 atom stereocenters. The van der Waals surface area contributed by atoms with Gasteiger partial charge in [0.1, 0.15) is 0 Å². The number of hydrogen-bond acceptors (Lipinski definition) is 4. The number of esters is 1. The van der Waals surface area contributed by atoms with Gasteiger partial charge in [0, 0.05) is 5.82 Å². The summed E-state index contributed by atoms with van der Waals surface area (Å²) >= 11 is 0. The van der Waals surface area contributed by atoms with E-state index in [0.29, 0.717) is 11.1 Å². The smallest absolute Gasteiger partial charge is 0.353 e. The van der Waals surface area contributed by atoms with Gasteiger partial charge in [-0.15, -0.1) is 0 Å². The zero-order valence-electron chi connectivity index (χ0n) is 10.7. The molecule has 1 N–H and O–H groups in total. The summed E-state index contributed by atoms with van der Waals surface area (Å²) in [6, 6.07) is 8.58. The molecule has 2 rings (SSSR count). The summed E-state index contributed by atoms with van der Waals surface area (Å²) in [6.45, 7) is 3.42. The summed E-state index contributed by atoms with van der Waals surface area (Å²) in [5.41, 5.74) is -0.779. The van der Waals surface area contributed by atoms with E-state index in [1.807, 2.05) is 0 Å². The van der Waals surface area contributed by atoms with E-state index in [1.165, 1.54) is 0 Å². The minimum absolute atomic E-state index is 0.166. The normalized spacial score (nSPS) is 29.9. The highest BCUT2D eigenvalue weighted by molar-refractivity contribution is 7.56. The van der Waals surface area contributed by atoms with Gasteiger partial charge in [0.25, 0.3) is 0 Å². The molecule has 1 unspecified atom stereocenters. The van der Waals surface area contributed by atoms with Crippen LogP contribution in [0.3, 0.4) is 0 Å². The average molecular weight is 282 g/mol. The van der Waals surface area contributed by atoms with E-state index in [2.05, 4.69) is 0 Å². The van der Waals surface area contributed by atoms with Crippen molar-refractivity contribution in [2.45, 2.75) is 19.4 Å². The molecule has 1 aliphatic rings. The van der Waals surface area contributed by atoms with Crippen LogP contribution in [-0.2, 0) is 24.2 Å². The summed E-state index contributed by atoms with van der Waals surface area (Å²) in [6.07, 6.45) is 0. The largest absolute Gasteiger partial charge is 0.463 e. The van der Waals surface area contributed by atoms with E-state index in [1.54, 1.807) is 44.2 Å². The fourth-order valence-electron chi connectivity index (χ4n) is 2.13. The van der Waals surface area contributed by atoms with E-state index in [4.69, 9.17) is 9.26 Å². The van der Waals surface area contributed by atoms with Crippen molar-refractivity contribution in [1.29, 1.82) is 0 Å². The fraction of sp³-hybridized carbons (Fsp3) is 0.308. The van der Waals surface area contributed by atoms with Gasteiger partial charge >= 0.3 is 13.6 Å². The summed E-state index contributed by atoms with van der Waals surface area (Å²) in [5, 5.41) is 0. The third-order valence-corrected chi connectivity index (χ3v) is 4.17. The molecule has 1 aliphatic heterocycles. The third kappa shape index (κ3) is 2.37. The van der Waals surface area contributed by atoms with Crippen LogP contribution in [-0.4, -0.2) is 17.5 Å². The lowest BCUT2D eigenvalue weighted by Crippen LogP contribution is -2.38. The molecule has 0 spiro atoms. The molecule has 0 saturated heterocycles. The molecule has 102 valence electrons. The maximum Gasteiger partial charge on any atom is 0.353 e. The van der Waals surface area contributed by atoms with Gasteiger partial charge in [0.2, 0.25) is 5.60 Å². The summed E-state index contributed by atoms with van der Waals surface area (Å²) < 4.78 is 22.0. The maximum absolute atomic E-state index is 12.2. The van der Waals surface area contributed by atoms with Crippen LogP contribution in [0.4, 0.5) is 0 Å². The Bertz CT molecular complexity index is 566. The second-order valence-electron chi connectivity index (χ2n) is 4.24. The number of benzene rings is 1. The lowest BCUT2D eigenvalue weighted by Gasteiger charge is -2.28. The molecule has 1 aromatic carbocycles. The summed E-state index contributed by atoms with van der Waals surface area (Å²) in [5.74, 6) is 0.415. The molecule has 1 aromatic rings. The highest BCUT2D eigenvalue weighted by Crippen LogP contribution is 2.60. The first-order valence-electron chi connectivity index (χ1n) is 5.88. The standard InChI is InChI=1S/C13H15O5P/c1-3-17-12(14)13(11-7-5-4-6-8-11)10(2)9-19(15,16)18-13/h4-9H,3H2,1-2H3,(H,15,16)/t13-/m0/s1. The van der Waals surface area contributed by atoms with Crippen LogP contribution in [0.5, 0.6) is 0 Å². The predicted octanol–water partition coefficient (Wildman–Crippen LogP) is 2.56. The van der Waals surface area contributed by atoms with Gasteiger partial charge in [-0.05, 0) is 25.0 Å². The van der Waals surface area contributed by atoms with Crippen molar-refractivity contribution in [3.63, 3.8) is 0 Å². The molecule has 0 saturated carbocycles. The molecule has 19 heavy (non-hydrogen) atoms. The summed E-state index contributed by atoms with van der Waals surface area (Å²) in [4.78, 5) is 21.9. The van der Waals surface area contributed by atoms with Crippen LogP contribution in [0, 0.1) is 0 Å². The van der Waals surface area contributed by atoms with Crippen LogP contribution in [0.2, 0.25) is 0 Å². The van der Waals surface area contributed by atoms with Crippen molar-refractivity contribution in [3.8, 4) is 0 Å². The van der Waals surface area contributed by atoms with Crippen molar-refractivity contribution in [2.24, 2.45) is 0 Å². The quantitative estimate of drug-likeness (QED) is 0.681. The SMILES string of the molecule is CCOC(=O)[C@]1(c2ccccc2)OP(=O)(O)C=C1C. The lowest BCUT2D eigenvalue weighted by molar-refractivity contribution is -0.159. The highest BCUT2D eigenvalue weighted by atomic mass is 31.2. The van der Waals surface area contributed by atoms with Gasteiger partial charge in [-0.1, -0.05) is 30.3 Å². The molecule has 5 nitrogen and oxygen atoms in total. The lowest BCUT2D eigenvalue weighted by atomic mass is 9.88. The minimum Gasteiger partial charge on any atom is -0.463 e. The van der Waals surface area contributed by atoms with Crippen LogP contribution >= 0.6 is 7.60 Å². The number of carbonyl (C=O) groups is 1. The molecule has 0 fully saturated rings. The first-order valence-corrected chi connectivity index (χ1v) is 7.53. The van der Waals surface area contributed by atoms with Gasteiger partial charge in [-0.2, -0.15) is 0 Å². The molecule has 0 aromatic heterocycles. The van der Waals surface area contributed by atoms with E-state index < -0.39 is 19.2 Å². The second kappa shape index (κ2) is 4.93. The molecule has 6 heteroatoms. The van der Waals surface area contributed by atoms with E-state index in [9.17, 15) is 14.3 Å². The van der Waals surface area contributed by atoms with Gasteiger partial charge in [-0.3, -0.25) is 9.09 Å². The monoisotopic (exact) mass is 282 g/mol. The van der Waals surface area contributed by atoms with Gasteiger partial charge in [0.05, 0.1) is 6.61 Å². The Labute approximate surface area is 111 Å². The van der Waals surface area contributed by atoms with Crippen molar-refractivity contribution in [3.05, 3.63) is 47.3 Å². The van der Waals surface area contributed by atoms with E-state index >= 15 is 0 Å². The van der Waals surface area contributed by atoms with Crippen LogP contribution < -0.4 is 0 Å². The molecule has 0 aliphatic carbocycles. The Kier molecular flexibility index (Phi) is 3.63. The Hall–Kier alpha value is -1.42. The minimum atomic E-state index is -3.93. The summed E-state index contributed by atoms with van der Waals surface area (Å²) in [7, 11) is -3.93. The topological polar surface area (TPSA) is 72.8 Å². The van der Waals surface area contributed by atoms with Gasteiger partial charge < -0.3 is 9.63 Å². The zero-order chi connectivity index (χ0) is 14.1. The Morgan fingerprint density at radius 3 is 2.53 bits per heavy atom. The molecule has 0 bridgehead atoms. The number of carbonyl (C=O) groups excluding carboxylic acids is 1.